The fourth-order valence-electron chi connectivity index (χ4n) is 3.13. The number of amides is 1. The van der Waals surface area contributed by atoms with Crippen LogP contribution in [0.15, 0.2) is 65.6 Å². The van der Waals surface area contributed by atoms with Gasteiger partial charge in [-0.15, -0.1) is 0 Å². The van der Waals surface area contributed by atoms with E-state index in [0.29, 0.717) is 12.8 Å². The summed E-state index contributed by atoms with van der Waals surface area (Å²) in [5, 5.41) is 0. The molecule has 1 atom stereocenters. The van der Waals surface area contributed by atoms with Gasteiger partial charge in [-0.3, -0.25) is 4.79 Å². The summed E-state index contributed by atoms with van der Waals surface area (Å²) in [4.78, 5) is 13.0. The molecule has 1 fully saturated rings. The molecule has 2 aromatic rings. The number of hydrogen-bond donors (Lipinski definition) is 0. The van der Waals surface area contributed by atoms with E-state index in [1.807, 2.05) is 56.3 Å². The predicted molar refractivity (Wildman–Crippen MR) is 103 cm³/mol. The molecule has 1 amide bonds. The lowest BCUT2D eigenvalue weighted by molar-refractivity contribution is -0.131. The molecule has 0 saturated carbocycles. The molecule has 4 nitrogen and oxygen atoms in total. The number of benzene rings is 2. The highest BCUT2D eigenvalue weighted by Crippen LogP contribution is 2.38. The summed E-state index contributed by atoms with van der Waals surface area (Å²) in [6.45, 7) is 3.97. The van der Waals surface area contributed by atoms with Crippen molar-refractivity contribution < 1.29 is 13.2 Å². The number of carbonyl (C=O) groups is 1. The van der Waals surface area contributed by atoms with Crippen molar-refractivity contribution in [1.29, 1.82) is 0 Å². The molecule has 1 heterocycles. The quantitative estimate of drug-likeness (QED) is 0.800. The molecular weight excluding hydrogens is 346 g/mol. The van der Waals surface area contributed by atoms with Gasteiger partial charge >= 0.3 is 0 Å². The van der Waals surface area contributed by atoms with E-state index in [1.165, 1.54) is 0 Å². The lowest BCUT2D eigenvalue weighted by atomic mass is 9.85. The molecule has 1 aliphatic heterocycles. The first-order valence-electron chi connectivity index (χ1n) is 8.68. The molecule has 1 unspecified atom stereocenters. The van der Waals surface area contributed by atoms with Gasteiger partial charge in [-0.2, -0.15) is 0 Å². The molecule has 0 aromatic heterocycles. The van der Waals surface area contributed by atoms with Crippen molar-refractivity contribution in [1.82, 2.24) is 4.31 Å². The highest BCUT2D eigenvalue weighted by molar-refractivity contribution is 7.89. The maximum absolute atomic E-state index is 12.9. The Hall–Kier alpha value is -2.40. The summed E-state index contributed by atoms with van der Waals surface area (Å²) in [6.07, 6.45) is 4.96. The van der Waals surface area contributed by atoms with Gasteiger partial charge in [0, 0.05) is 6.54 Å². The van der Waals surface area contributed by atoms with E-state index in [1.54, 1.807) is 24.3 Å². The van der Waals surface area contributed by atoms with E-state index in [2.05, 4.69) is 0 Å². The van der Waals surface area contributed by atoms with E-state index in [-0.39, 0.29) is 17.3 Å². The molecule has 1 saturated heterocycles. The Kier molecular flexibility index (Phi) is 5.01. The molecule has 0 N–H and O–H groups in total. The normalized spacial score (nSPS) is 20.8. The summed E-state index contributed by atoms with van der Waals surface area (Å²) in [7, 11) is -3.79. The Morgan fingerprint density at radius 2 is 1.73 bits per heavy atom. The Balaban J connectivity index is 1.76. The van der Waals surface area contributed by atoms with Gasteiger partial charge < -0.3 is 0 Å². The molecule has 0 bridgehead atoms. The Labute approximate surface area is 155 Å². The van der Waals surface area contributed by atoms with Crippen molar-refractivity contribution in [3.63, 3.8) is 0 Å². The van der Waals surface area contributed by atoms with Crippen LogP contribution in [0.5, 0.6) is 0 Å². The molecule has 0 spiro atoms. The summed E-state index contributed by atoms with van der Waals surface area (Å²) < 4.78 is 26.7. The fraction of sp³-hybridized carbons (Fsp3) is 0.286. The lowest BCUT2D eigenvalue weighted by Gasteiger charge is -2.22. The van der Waals surface area contributed by atoms with Gasteiger partial charge in [-0.25, -0.2) is 12.7 Å². The number of carbonyl (C=O) groups excluding carboxylic acids is 1. The number of sulfonamides is 1. The van der Waals surface area contributed by atoms with Crippen LogP contribution in [0.1, 0.15) is 30.9 Å². The average molecular weight is 369 g/mol. The SMILES string of the molecule is Cc1ccc(S(=O)(=O)N2CCC(C)(C/C=C/c3ccccc3)C2=O)cc1. The van der Waals surface area contributed by atoms with Crippen LogP contribution in [-0.2, 0) is 14.8 Å². The Morgan fingerprint density at radius 1 is 1.08 bits per heavy atom. The molecule has 0 radical (unpaired) electrons. The first-order valence-corrected chi connectivity index (χ1v) is 10.1. The van der Waals surface area contributed by atoms with E-state index in [9.17, 15) is 13.2 Å². The van der Waals surface area contributed by atoms with Crippen LogP contribution in [0, 0.1) is 12.3 Å². The van der Waals surface area contributed by atoms with E-state index < -0.39 is 15.4 Å². The van der Waals surface area contributed by atoms with E-state index in [4.69, 9.17) is 0 Å². The monoisotopic (exact) mass is 369 g/mol. The Morgan fingerprint density at radius 3 is 2.38 bits per heavy atom. The topological polar surface area (TPSA) is 54.5 Å². The van der Waals surface area contributed by atoms with E-state index >= 15 is 0 Å². The van der Waals surface area contributed by atoms with Crippen LogP contribution < -0.4 is 0 Å². The number of allylic oxidation sites excluding steroid dienone is 1. The minimum absolute atomic E-state index is 0.167. The van der Waals surface area contributed by atoms with Gasteiger partial charge in [0.2, 0.25) is 5.91 Å². The third-order valence-electron chi connectivity index (χ3n) is 4.90. The summed E-state index contributed by atoms with van der Waals surface area (Å²) >= 11 is 0. The van der Waals surface area contributed by atoms with Crippen LogP contribution in [-0.4, -0.2) is 25.2 Å². The molecule has 1 aliphatic rings. The third-order valence-corrected chi connectivity index (χ3v) is 6.69. The minimum Gasteiger partial charge on any atom is -0.273 e. The minimum atomic E-state index is -3.79. The van der Waals surface area contributed by atoms with Gasteiger partial charge in [0.15, 0.2) is 0 Å². The first-order chi connectivity index (χ1) is 12.3. The maximum atomic E-state index is 12.9. The van der Waals surface area contributed by atoms with Gasteiger partial charge in [0.25, 0.3) is 10.0 Å². The van der Waals surface area contributed by atoms with Gasteiger partial charge in [0.05, 0.1) is 10.3 Å². The van der Waals surface area contributed by atoms with Crippen molar-refractivity contribution >= 4 is 22.0 Å². The highest BCUT2D eigenvalue weighted by Gasteiger charge is 2.46. The summed E-state index contributed by atoms with van der Waals surface area (Å²) in [5.74, 6) is -0.323. The standard InChI is InChI=1S/C21H23NO3S/c1-17-10-12-19(13-11-17)26(24,25)22-16-15-21(2,20(22)23)14-6-9-18-7-4-3-5-8-18/h3-13H,14-16H2,1-2H3/b9-6+. The second-order valence-electron chi connectivity index (χ2n) is 7.02. The molecule has 136 valence electrons. The fourth-order valence-corrected chi connectivity index (χ4v) is 4.64. The van der Waals surface area contributed by atoms with Crippen molar-refractivity contribution in [2.24, 2.45) is 5.41 Å². The number of rotatable bonds is 5. The second-order valence-corrected chi connectivity index (χ2v) is 8.89. The average Bonchev–Trinajstić information content (AvgIpc) is 2.92. The molecule has 3 rings (SSSR count). The van der Waals surface area contributed by atoms with Gasteiger partial charge in [-0.05, 0) is 37.5 Å². The molecule has 5 heteroatoms. The van der Waals surface area contributed by atoms with Crippen molar-refractivity contribution in [3.8, 4) is 0 Å². The van der Waals surface area contributed by atoms with Crippen LogP contribution >= 0.6 is 0 Å². The zero-order chi connectivity index (χ0) is 18.8. The second kappa shape index (κ2) is 7.08. The van der Waals surface area contributed by atoms with Crippen LogP contribution in [0.2, 0.25) is 0 Å². The van der Waals surface area contributed by atoms with Crippen LogP contribution in [0.3, 0.4) is 0 Å². The number of hydrogen-bond acceptors (Lipinski definition) is 3. The number of aryl methyl sites for hydroxylation is 1. The van der Waals surface area contributed by atoms with E-state index in [0.717, 1.165) is 15.4 Å². The summed E-state index contributed by atoms with van der Waals surface area (Å²) in [6, 6.07) is 16.5. The molecule has 26 heavy (non-hydrogen) atoms. The largest absolute Gasteiger partial charge is 0.273 e. The number of nitrogens with zero attached hydrogens (tertiary/aromatic N) is 1. The zero-order valence-corrected chi connectivity index (χ0v) is 15.9. The lowest BCUT2D eigenvalue weighted by Crippen LogP contribution is -2.37. The van der Waals surface area contributed by atoms with Crippen molar-refractivity contribution in [2.45, 2.75) is 31.6 Å². The van der Waals surface area contributed by atoms with Crippen molar-refractivity contribution in [2.75, 3.05) is 6.54 Å². The van der Waals surface area contributed by atoms with Crippen molar-refractivity contribution in [3.05, 3.63) is 71.8 Å². The molecule has 2 aromatic carbocycles. The zero-order valence-electron chi connectivity index (χ0n) is 15.1. The maximum Gasteiger partial charge on any atom is 0.266 e. The smallest absolute Gasteiger partial charge is 0.266 e. The molecule has 0 aliphatic carbocycles. The summed E-state index contributed by atoms with van der Waals surface area (Å²) in [5.41, 5.74) is 1.35. The third kappa shape index (κ3) is 3.58. The highest BCUT2D eigenvalue weighted by atomic mass is 32.2. The van der Waals surface area contributed by atoms with Gasteiger partial charge in [-0.1, -0.05) is 67.1 Å². The molecular formula is C21H23NO3S. The Bertz CT molecular complexity index is 917. The van der Waals surface area contributed by atoms with Crippen LogP contribution in [0.4, 0.5) is 0 Å². The van der Waals surface area contributed by atoms with Gasteiger partial charge in [0.1, 0.15) is 0 Å². The first kappa shape index (κ1) is 18.4. The van der Waals surface area contributed by atoms with Crippen LogP contribution in [0.25, 0.3) is 6.08 Å². The predicted octanol–water partition coefficient (Wildman–Crippen LogP) is 4.03.